The number of anilines is 1. The van der Waals surface area contributed by atoms with Crippen molar-refractivity contribution in [2.45, 2.75) is 0 Å². The van der Waals surface area contributed by atoms with Gasteiger partial charge in [0.1, 0.15) is 17.1 Å². The molecule has 3 aromatic heterocycles. The van der Waals surface area contributed by atoms with Gasteiger partial charge in [-0.3, -0.25) is 24.1 Å². The van der Waals surface area contributed by atoms with Gasteiger partial charge in [0.25, 0.3) is 11.5 Å². The van der Waals surface area contributed by atoms with Gasteiger partial charge in [-0.25, -0.2) is 8.78 Å². The fourth-order valence-electron chi connectivity index (χ4n) is 4.06. The van der Waals surface area contributed by atoms with E-state index in [1.807, 2.05) is 0 Å². The zero-order valence-corrected chi connectivity index (χ0v) is 21.6. The lowest BCUT2D eigenvalue weighted by Gasteiger charge is -2.12. The van der Waals surface area contributed by atoms with Crippen LogP contribution in [0, 0.1) is 17.0 Å². The predicted octanol–water partition coefficient (Wildman–Crippen LogP) is 5.31. The minimum atomic E-state index is -0.753. The molecule has 0 saturated carbocycles. The van der Waals surface area contributed by atoms with E-state index >= 15 is 4.39 Å². The van der Waals surface area contributed by atoms with Crippen molar-refractivity contribution < 1.29 is 18.3 Å². The standard InChI is InChI=1S/C30H22F2N6O3/c1-34-16-18(15-33)25-14-26-23(17-36-25)27(10-11-35-26)41-28-9-6-20(13-24(28)32)37-29(39)22-3-2-12-38(30(22)40)21-7-4-19(31)5-8-21/h2-17,33-34H,1H3,(H,37,39)/b18-16+,33-15?. The second kappa shape index (κ2) is 11.6. The van der Waals surface area contributed by atoms with Crippen molar-refractivity contribution in [2.75, 3.05) is 12.4 Å². The van der Waals surface area contributed by atoms with Crippen LogP contribution in [0.5, 0.6) is 11.5 Å². The predicted molar refractivity (Wildman–Crippen MR) is 152 cm³/mol. The van der Waals surface area contributed by atoms with Gasteiger partial charge in [-0.2, -0.15) is 0 Å². The van der Waals surface area contributed by atoms with Gasteiger partial charge in [0, 0.05) is 61.1 Å². The Morgan fingerprint density at radius 1 is 1.02 bits per heavy atom. The summed E-state index contributed by atoms with van der Waals surface area (Å²) < 4.78 is 35.3. The maximum Gasteiger partial charge on any atom is 0.267 e. The van der Waals surface area contributed by atoms with Crippen molar-refractivity contribution >= 4 is 34.3 Å². The highest BCUT2D eigenvalue weighted by Gasteiger charge is 2.16. The molecule has 3 N–H and O–H groups in total. The Balaban J connectivity index is 1.36. The van der Waals surface area contributed by atoms with E-state index in [0.29, 0.717) is 33.6 Å². The van der Waals surface area contributed by atoms with Gasteiger partial charge in [0.05, 0.1) is 16.6 Å². The molecule has 0 fully saturated rings. The molecular weight excluding hydrogens is 530 g/mol. The summed E-state index contributed by atoms with van der Waals surface area (Å²) in [5, 5.41) is 13.5. The summed E-state index contributed by atoms with van der Waals surface area (Å²) in [5.74, 6) is -1.74. The normalized spacial score (nSPS) is 11.2. The van der Waals surface area contributed by atoms with Gasteiger partial charge in [0.2, 0.25) is 0 Å². The first-order chi connectivity index (χ1) is 19.9. The topological polar surface area (TPSA) is 122 Å². The van der Waals surface area contributed by atoms with E-state index < -0.39 is 23.1 Å². The number of hydrogen-bond donors (Lipinski definition) is 3. The third-order valence-electron chi connectivity index (χ3n) is 6.04. The summed E-state index contributed by atoms with van der Waals surface area (Å²) in [6.07, 6.45) is 7.31. The quantitative estimate of drug-likeness (QED) is 0.224. The van der Waals surface area contributed by atoms with Gasteiger partial charge in [-0.05, 0) is 60.7 Å². The van der Waals surface area contributed by atoms with Gasteiger partial charge < -0.3 is 20.8 Å². The summed E-state index contributed by atoms with van der Waals surface area (Å²) in [6, 6.07) is 15.2. The number of allylic oxidation sites excluding steroid dienone is 1. The molecule has 2 aromatic carbocycles. The van der Waals surface area contributed by atoms with Crippen molar-refractivity contribution in [2.24, 2.45) is 0 Å². The van der Waals surface area contributed by atoms with E-state index in [1.54, 1.807) is 25.4 Å². The average molecular weight is 553 g/mol. The van der Waals surface area contributed by atoms with Crippen molar-refractivity contribution in [1.29, 1.82) is 5.41 Å². The first kappa shape index (κ1) is 26.9. The van der Waals surface area contributed by atoms with E-state index in [1.165, 1.54) is 77.9 Å². The van der Waals surface area contributed by atoms with Crippen LogP contribution in [0.2, 0.25) is 0 Å². The highest BCUT2D eigenvalue weighted by atomic mass is 19.1. The number of aromatic nitrogens is 3. The van der Waals surface area contributed by atoms with Crippen LogP contribution in [0.25, 0.3) is 22.2 Å². The molecule has 5 rings (SSSR count). The van der Waals surface area contributed by atoms with Gasteiger partial charge >= 0.3 is 0 Å². The Labute approximate surface area is 232 Å². The lowest BCUT2D eigenvalue weighted by molar-refractivity contribution is 0.102. The zero-order chi connectivity index (χ0) is 28.9. The fraction of sp³-hybridized carbons (Fsp3) is 0.0333. The number of nitrogens with zero attached hydrogens (tertiary/aromatic N) is 3. The van der Waals surface area contributed by atoms with Gasteiger partial charge in [-0.1, -0.05) is 0 Å². The summed E-state index contributed by atoms with van der Waals surface area (Å²) >= 11 is 0. The molecule has 11 heteroatoms. The molecule has 9 nitrogen and oxygen atoms in total. The Kier molecular flexibility index (Phi) is 7.59. The smallest absolute Gasteiger partial charge is 0.267 e. The highest BCUT2D eigenvalue weighted by Crippen LogP contribution is 2.32. The molecule has 0 aliphatic heterocycles. The summed E-state index contributed by atoms with van der Waals surface area (Å²) in [5.41, 5.74) is 1.32. The number of nitrogens with one attached hydrogen (secondary N) is 3. The van der Waals surface area contributed by atoms with Crippen LogP contribution in [-0.2, 0) is 0 Å². The van der Waals surface area contributed by atoms with Crippen molar-refractivity contribution in [3.8, 4) is 17.2 Å². The van der Waals surface area contributed by atoms with Crippen molar-refractivity contribution in [3.05, 3.63) is 125 Å². The third kappa shape index (κ3) is 5.69. The molecule has 0 unspecified atom stereocenters. The van der Waals surface area contributed by atoms with E-state index in [9.17, 15) is 14.0 Å². The zero-order valence-electron chi connectivity index (χ0n) is 21.6. The molecule has 1 amide bonds. The SMILES string of the molecule is CN/C=C(\C=N)c1cc2nccc(Oc3ccc(NC(=O)c4cccn(-c5ccc(F)cc5)c4=O)cc3F)c2cn1. The Morgan fingerprint density at radius 3 is 2.56 bits per heavy atom. The molecule has 3 heterocycles. The van der Waals surface area contributed by atoms with E-state index in [0.717, 1.165) is 6.07 Å². The number of rotatable bonds is 8. The molecule has 0 aliphatic carbocycles. The van der Waals surface area contributed by atoms with Crippen LogP contribution < -0.4 is 20.9 Å². The van der Waals surface area contributed by atoms with Gasteiger partial charge in [-0.15, -0.1) is 0 Å². The Morgan fingerprint density at radius 2 is 1.83 bits per heavy atom. The summed E-state index contributed by atoms with van der Waals surface area (Å²) in [6.45, 7) is 0. The molecule has 5 aromatic rings. The van der Waals surface area contributed by atoms with Crippen LogP contribution >= 0.6 is 0 Å². The minimum Gasteiger partial charge on any atom is -0.453 e. The highest BCUT2D eigenvalue weighted by molar-refractivity contribution is 6.08. The Bertz CT molecular complexity index is 1870. The number of amides is 1. The molecule has 0 spiro atoms. The largest absolute Gasteiger partial charge is 0.453 e. The van der Waals surface area contributed by atoms with E-state index in [4.69, 9.17) is 10.1 Å². The Hall–Kier alpha value is -5.71. The van der Waals surface area contributed by atoms with Crippen LogP contribution in [0.3, 0.4) is 0 Å². The molecular formula is C30H22F2N6O3. The van der Waals surface area contributed by atoms with Gasteiger partial charge in [0.15, 0.2) is 11.6 Å². The van der Waals surface area contributed by atoms with Crippen LogP contribution in [0.15, 0.2) is 96.3 Å². The lowest BCUT2D eigenvalue weighted by Crippen LogP contribution is -2.27. The number of ether oxygens (including phenoxy) is 1. The van der Waals surface area contributed by atoms with Crippen LogP contribution in [0.4, 0.5) is 14.5 Å². The average Bonchev–Trinajstić information content (AvgIpc) is 2.97. The number of fused-ring (bicyclic) bond motifs is 1. The van der Waals surface area contributed by atoms with Crippen molar-refractivity contribution in [1.82, 2.24) is 19.9 Å². The molecule has 41 heavy (non-hydrogen) atoms. The summed E-state index contributed by atoms with van der Waals surface area (Å²) in [4.78, 5) is 34.5. The number of halogens is 2. The second-order valence-corrected chi connectivity index (χ2v) is 8.70. The molecule has 0 radical (unpaired) electrons. The first-order valence-corrected chi connectivity index (χ1v) is 12.3. The molecule has 0 aliphatic rings. The fourth-order valence-corrected chi connectivity index (χ4v) is 4.06. The number of pyridine rings is 3. The maximum absolute atomic E-state index is 15.0. The van der Waals surface area contributed by atoms with Crippen LogP contribution in [-0.4, -0.2) is 33.7 Å². The van der Waals surface area contributed by atoms with E-state index in [2.05, 4.69) is 20.6 Å². The number of carbonyl (C=O) groups is 1. The lowest BCUT2D eigenvalue weighted by atomic mass is 10.1. The molecule has 0 saturated heterocycles. The van der Waals surface area contributed by atoms with Crippen LogP contribution in [0.1, 0.15) is 16.1 Å². The van der Waals surface area contributed by atoms with Crippen molar-refractivity contribution in [3.63, 3.8) is 0 Å². The maximum atomic E-state index is 15.0. The number of carbonyl (C=O) groups excluding carboxylic acids is 1. The number of benzene rings is 2. The monoisotopic (exact) mass is 552 g/mol. The first-order valence-electron chi connectivity index (χ1n) is 12.3. The molecule has 0 bridgehead atoms. The summed E-state index contributed by atoms with van der Waals surface area (Å²) in [7, 11) is 1.72. The minimum absolute atomic E-state index is 0.104. The molecule has 204 valence electrons. The second-order valence-electron chi connectivity index (χ2n) is 8.70. The third-order valence-corrected chi connectivity index (χ3v) is 6.04. The number of hydrogen-bond acceptors (Lipinski definition) is 7. The molecule has 0 atom stereocenters. The van der Waals surface area contributed by atoms with E-state index in [-0.39, 0.29) is 17.0 Å².